The molecule has 0 N–H and O–H groups in total. The summed E-state index contributed by atoms with van der Waals surface area (Å²) in [5.41, 5.74) is 0.176. The molecule has 0 spiro atoms. The van der Waals surface area contributed by atoms with Crippen LogP contribution in [0.4, 0.5) is 0 Å². The molecule has 0 aromatic carbocycles. The van der Waals surface area contributed by atoms with E-state index in [0.29, 0.717) is 0 Å². The standard InChI is InChI=1S/C10H18OSi/c1-12(2,3)11-10-6-4-9(8-10)5-7-10/h4,6,9H,5,7-8H2,1-3H3. The number of fused-ring (bicyclic) bond motifs is 2. The monoisotopic (exact) mass is 182 g/mol. The van der Waals surface area contributed by atoms with Crippen LogP contribution >= 0.6 is 0 Å². The van der Waals surface area contributed by atoms with Gasteiger partial charge in [-0.05, 0) is 44.8 Å². The van der Waals surface area contributed by atoms with Gasteiger partial charge >= 0.3 is 0 Å². The van der Waals surface area contributed by atoms with Gasteiger partial charge in [0.1, 0.15) is 0 Å². The van der Waals surface area contributed by atoms with Gasteiger partial charge in [-0.3, -0.25) is 0 Å². The van der Waals surface area contributed by atoms with Crippen LogP contribution in [0.3, 0.4) is 0 Å². The van der Waals surface area contributed by atoms with E-state index in [1.165, 1.54) is 19.3 Å². The Hall–Kier alpha value is -0.0831. The summed E-state index contributed by atoms with van der Waals surface area (Å²) in [5, 5.41) is 0. The van der Waals surface area contributed by atoms with Gasteiger partial charge in [0, 0.05) is 0 Å². The van der Waals surface area contributed by atoms with Crippen molar-refractivity contribution in [1.29, 1.82) is 0 Å². The molecule has 1 nitrogen and oxygen atoms in total. The van der Waals surface area contributed by atoms with Gasteiger partial charge in [-0.25, -0.2) is 0 Å². The molecule has 2 heteroatoms. The third-order valence-corrected chi connectivity index (χ3v) is 3.75. The van der Waals surface area contributed by atoms with Crippen molar-refractivity contribution in [3.63, 3.8) is 0 Å². The number of hydrogen-bond acceptors (Lipinski definition) is 1. The van der Waals surface area contributed by atoms with Crippen LogP contribution in [-0.4, -0.2) is 13.9 Å². The van der Waals surface area contributed by atoms with Gasteiger partial charge in [0.15, 0.2) is 8.32 Å². The lowest BCUT2D eigenvalue weighted by Crippen LogP contribution is -2.38. The summed E-state index contributed by atoms with van der Waals surface area (Å²) >= 11 is 0. The fourth-order valence-electron chi connectivity index (χ4n) is 2.44. The van der Waals surface area contributed by atoms with Gasteiger partial charge in [0.2, 0.25) is 0 Å². The molecule has 0 aliphatic heterocycles. The summed E-state index contributed by atoms with van der Waals surface area (Å²) in [6, 6.07) is 0. The van der Waals surface area contributed by atoms with Crippen LogP contribution < -0.4 is 0 Å². The first-order chi connectivity index (χ1) is 5.49. The highest BCUT2D eigenvalue weighted by atomic mass is 28.4. The van der Waals surface area contributed by atoms with E-state index in [0.717, 1.165) is 5.92 Å². The maximum absolute atomic E-state index is 6.23. The highest BCUT2D eigenvalue weighted by Gasteiger charge is 2.43. The second-order valence-corrected chi connectivity index (χ2v) is 9.57. The molecule has 0 heterocycles. The van der Waals surface area contributed by atoms with Crippen molar-refractivity contribution in [2.24, 2.45) is 5.92 Å². The van der Waals surface area contributed by atoms with Crippen LogP contribution in [0.15, 0.2) is 12.2 Å². The fraction of sp³-hybridized carbons (Fsp3) is 0.800. The van der Waals surface area contributed by atoms with Gasteiger partial charge in [-0.2, -0.15) is 0 Å². The first-order valence-corrected chi connectivity index (χ1v) is 8.30. The highest BCUT2D eigenvalue weighted by molar-refractivity contribution is 6.69. The number of allylic oxidation sites excluding steroid dienone is 1. The van der Waals surface area contributed by atoms with Crippen molar-refractivity contribution in [2.75, 3.05) is 0 Å². The predicted octanol–water partition coefficient (Wildman–Crippen LogP) is 2.95. The molecule has 68 valence electrons. The zero-order valence-corrected chi connectivity index (χ0v) is 9.26. The van der Waals surface area contributed by atoms with E-state index in [4.69, 9.17) is 4.43 Å². The summed E-state index contributed by atoms with van der Waals surface area (Å²) in [5.74, 6) is 0.835. The highest BCUT2D eigenvalue weighted by Crippen LogP contribution is 2.46. The molecule has 0 amide bonds. The molecule has 1 fully saturated rings. The smallest absolute Gasteiger partial charge is 0.184 e. The Kier molecular flexibility index (Phi) is 1.74. The third kappa shape index (κ3) is 1.50. The van der Waals surface area contributed by atoms with Crippen molar-refractivity contribution in [3.8, 4) is 0 Å². The second kappa shape index (κ2) is 2.45. The van der Waals surface area contributed by atoms with Gasteiger partial charge in [0.05, 0.1) is 5.60 Å². The Labute approximate surface area is 75.9 Å². The SMILES string of the molecule is C[Si](C)(C)OC12C=CC(CC1)C2. The quantitative estimate of drug-likeness (QED) is 0.471. The molecule has 1 saturated carbocycles. The van der Waals surface area contributed by atoms with Crippen molar-refractivity contribution < 1.29 is 4.43 Å². The molecule has 0 saturated heterocycles. The molecule has 2 aliphatic carbocycles. The maximum Gasteiger partial charge on any atom is 0.184 e. The molecular formula is C10H18OSi. The van der Waals surface area contributed by atoms with Crippen LogP contribution in [0.1, 0.15) is 19.3 Å². The minimum absolute atomic E-state index is 0.176. The summed E-state index contributed by atoms with van der Waals surface area (Å²) in [4.78, 5) is 0. The summed E-state index contributed by atoms with van der Waals surface area (Å²) in [6.07, 6.45) is 8.54. The molecule has 12 heavy (non-hydrogen) atoms. The summed E-state index contributed by atoms with van der Waals surface area (Å²) < 4.78 is 6.23. The molecule has 2 aliphatic rings. The lowest BCUT2D eigenvalue weighted by Gasteiger charge is -2.32. The Bertz CT molecular complexity index is 216. The lowest BCUT2D eigenvalue weighted by atomic mass is 10.0. The van der Waals surface area contributed by atoms with E-state index >= 15 is 0 Å². The van der Waals surface area contributed by atoms with E-state index in [2.05, 4.69) is 31.8 Å². The zero-order chi connectivity index (χ0) is 8.82. The van der Waals surface area contributed by atoms with Crippen molar-refractivity contribution in [1.82, 2.24) is 0 Å². The Morgan fingerprint density at radius 2 is 2.17 bits per heavy atom. The van der Waals surface area contributed by atoms with E-state index < -0.39 is 8.32 Å². The summed E-state index contributed by atoms with van der Waals surface area (Å²) in [6.45, 7) is 6.84. The fourth-order valence-corrected chi connectivity index (χ4v) is 3.91. The third-order valence-electron chi connectivity index (χ3n) is 2.73. The minimum Gasteiger partial charge on any atom is -0.409 e. The van der Waals surface area contributed by atoms with E-state index in [1.54, 1.807) is 0 Å². The average Bonchev–Trinajstić information content (AvgIpc) is 2.40. The Morgan fingerprint density at radius 3 is 2.50 bits per heavy atom. The predicted molar refractivity (Wildman–Crippen MR) is 53.6 cm³/mol. The molecule has 2 unspecified atom stereocenters. The van der Waals surface area contributed by atoms with Gasteiger partial charge in [0.25, 0.3) is 0 Å². The largest absolute Gasteiger partial charge is 0.409 e. The summed E-state index contributed by atoms with van der Waals surface area (Å²) in [7, 11) is -1.34. The van der Waals surface area contributed by atoms with Crippen LogP contribution in [0.5, 0.6) is 0 Å². The molecule has 2 rings (SSSR count). The van der Waals surface area contributed by atoms with Gasteiger partial charge < -0.3 is 4.43 Å². The molecule has 0 aromatic rings. The molecular weight excluding hydrogens is 164 g/mol. The normalized spacial score (nSPS) is 39.4. The van der Waals surface area contributed by atoms with Crippen molar-refractivity contribution in [2.45, 2.75) is 44.5 Å². The number of hydrogen-bond donors (Lipinski definition) is 0. The van der Waals surface area contributed by atoms with Crippen molar-refractivity contribution >= 4 is 8.32 Å². The second-order valence-electron chi connectivity index (χ2n) is 5.14. The van der Waals surface area contributed by atoms with Gasteiger partial charge in [-0.15, -0.1) is 0 Å². The molecule has 0 aromatic heterocycles. The average molecular weight is 182 g/mol. The van der Waals surface area contributed by atoms with E-state index in [1.807, 2.05) is 0 Å². The lowest BCUT2D eigenvalue weighted by molar-refractivity contribution is 0.123. The molecule has 2 atom stereocenters. The van der Waals surface area contributed by atoms with Crippen molar-refractivity contribution in [3.05, 3.63) is 12.2 Å². The minimum atomic E-state index is -1.34. The maximum atomic E-state index is 6.23. The van der Waals surface area contributed by atoms with E-state index in [9.17, 15) is 0 Å². The van der Waals surface area contributed by atoms with Crippen LogP contribution in [0.25, 0.3) is 0 Å². The zero-order valence-electron chi connectivity index (χ0n) is 8.26. The first-order valence-electron chi connectivity index (χ1n) is 4.89. The van der Waals surface area contributed by atoms with E-state index in [-0.39, 0.29) is 5.60 Å². The molecule has 2 bridgehead atoms. The van der Waals surface area contributed by atoms with Crippen LogP contribution in [0.2, 0.25) is 19.6 Å². The Morgan fingerprint density at radius 1 is 1.42 bits per heavy atom. The van der Waals surface area contributed by atoms with Crippen LogP contribution in [-0.2, 0) is 4.43 Å². The van der Waals surface area contributed by atoms with Crippen LogP contribution in [0, 0.1) is 5.92 Å². The number of rotatable bonds is 2. The van der Waals surface area contributed by atoms with Gasteiger partial charge in [-0.1, -0.05) is 12.2 Å². The molecule has 0 radical (unpaired) electrons. The first kappa shape index (κ1) is 8.51. The topological polar surface area (TPSA) is 9.23 Å². The Balaban J connectivity index is 2.09.